The third kappa shape index (κ3) is 6.29. The van der Waals surface area contributed by atoms with E-state index in [9.17, 15) is 4.79 Å². The van der Waals surface area contributed by atoms with E-state index >= 15 is 0 Å². The number of alkyl halides is 3. The molecule has 146 valence electrons. The van der Waals surface area contributed by atoms with Crippen molar-refractivity contribution in [2.24, 2.45) is 0 Å². The average molecular weight is 419 g/mol. The predicted octanol–water partition coefficient (Wildman–Crippen LogP) is 3.64. The maximum absolute atomic E-state index is 12.7. The summed E-state index contributed by atoms with van der Waals surface area (Å²) >= 11 is 17.1. The van der Waals surface area contributed by atoms with E-state index in [0.717, 1.165) is 25.7 Å². The molecule has 0 saturated carbocycles. The summed E-state index contributed by atoms with van der Waals surface area (Å²) in [4.78, 5) is 14.3. The predicted molar refractivity (Wildman–Crippen MR) is 96.1 cm³/mol. The third-order valence-corrected chi connectivity index (χ3v) is 4.84. The Morgan fingerprint density at radius 1 is 1.32 bits per heavy atom. The van der Waals surface area contributed by atoms with Crippen molar-refractivity contribution in [3.05, 3.63) is 0 Å². The van der Waals surface area contributed by atoms with Gasteiger partial charge in [0.15, 0.2) is 5.79 Å². The van der Waals surface area contributed by atoms with Crippen LogP contribution in [0.15, 0.2) is 0 Å². The lowest BCUT2D eigenvalue weighted by molar-refractivity contribution is -0.301. The number of likely N-dealkylation sites (tertiary alicyclic amines) is 1. The number of aliphatic hydroxyl groups is 1. The molecule has 0 bridgehead atoms. The van der Waals surface area contributed by atoms with Crippen LogP contribution in [0.1, 0.15) is 46.0 Å². The van der Waals surface area contributed by atoms with Crippen LogP contribution in [0.2, 0.25) is 0 Å². The number of nitrogens with zero attached hydrogens (tertiary/aromatic N) is 1. The number of aliphatic hydroxyl groups excluding tert-OH is 1. The summed E-state index contributed by atoms with van der Waals surface area (Å²) in [6.07, 6.45) is 3.29. The van der Waals surface area contributed by atoms with E-state index in [1.165, 1.54) is 0 Å². The standard InChI is InChI=1S/C16H26Cl3NO5/c1-15(2)24-9-12-13(25-15)7-6-11(5-3-4-8-21)20(12)14(22)23-10-16(17,18)19/h11-13,21H,3-10H2,1-2H3/t11-,12-,13+/m0/s1. The first-order valence-corrected chi connectivity index (χ1v) is 9.71. The fraction of sp³-hybridized carbons (Fsp3) is 0.938. The van der Waals surface area contributed by atoms with Crippen molar-refractivity contribution in [3.8, 4) is 0 Å². The number of amides is 1. The maximum atomic E-state index is 12.7. The average Bonchev–Trinajstić information content (AvgIpc) is 2.51. The van der Waals surface area contributed by atoms with E-state index in [2.05, 4.69) is 0 Å². The van der Waals surface area contributed by atoms with Gasteiger partial charge in [-0.25, -0.2) is 4.79 Å². The highest BCUT2D eigenvalue weighted by atomic mass is 35.6. The van der Waals surface area contributed by atoms with Gasteiger partial charge >= 0.3 is 6.09 Å². The SMILES string of the molecule is CC1(C)OC[C@H]2[C@@H](CC[C@H](CCCCO)N2C(=O)OCC(Cl)(Cl)Cl)O1. The number of halogens is 3. The summed E-state index contributed by atoms with van der Waals surface area (Å²) in [5.41, 5.74) is 0. The Morgan fingerprint density at radius 2 is 2.04 bits per heavy atom. The monoisotopic (exact) mass is 417 g/mol. The fourth-order valence-electron chi connectivity index (χ4n) is 3.43. The molecule has 6 nitrogen and oxygen atoms in total. The van der Waals surface area contributed by atoms with Crippen molar-refractivity contribution in [1.82, 2.24) is 4.90 Å². The van der Waals surface area contributed by atoms with Gasteiger partial charge in [0.25, 0.3) is 0 Å². The number of fused-ring (bicyclic) bond motifs is 1. The topological polar surface area (TPSA) is 68.2 Å². The van der Waals surface area contributed by atoms with Gasteiger partial charge in [-0.2, -0.15) is 0 Å². The number of hydrogen-bond acceptors (Lipinski definition) is 5. The van der Waals surface area contributed by atoms with E-state index in [1.54, 1.807) is 4.90 Å². The molecule has 2 aliphatic heterocycles. The van der Waals surface area contributed by atoms with Gasteiger partial charge in [0.2, 0.25) is 3.79 Å². The van der Waals surface area contributed by atoms with Crippen LogP contribution < -0.4 is 0 Å². The van der Waals surface area contributed by atoms with Crippen LogP contribution in [0.25, 0.3) is 0 Å². The van der Waals surface area contributed by atoms with Crippen LogP contribution in [0.5, 0.6) is 0 Å². The van der Waals surface area contributed by atoms with Gasteiger partial charge in [0, 0.05) is 12.6 Å². The van der Waals surface area contributed by atoms with Gasteiger partial charge in [-0.3, -0.25) is 4.90 Å². The lowest BCUT2D eigenvalue weighted by atomic mass is 9.90. The summed E-state index contributed by atoms with van der Waals surface area (Å²) in [6, 6.07) is -0.243. The molecule has 0 aromatic carbocycles. The van der Waals surface area contributed by atoms with E-state index in [4.69, 9.17) is 54.1 Å². The molecular weight excluding hydrogens is 393 g/mol. The van der Waals surface area contributed by atoms with Crippen LogP contribution >= 0.6 is 34.8 Å². The van der Waals surface area contributed by atoms with Gasteiger partial charge in [-0.1, -0.05) is 34.8 Å². The number of carbonyl (C=O) groups is 1. The lowest BCUT2D eigenvalue weighted by Gasteiger charge is -2.50. The molecule has 1 N–H and O–H groups in total. The quantitative estimate of drug-likeness (QED) is 0.545. The minimum Gasteiger partial charge on any atom is -0.445 e. The molecule has 2 saturated heterocycles. The first-order chi connectivity index (χ1) is 11.6. The molecule has 2 rings (SSSR count). The molecule has 1 amide bonds. The number of hydrogen-bond donors (Lipinski definition) is 1. The Kier molecular flexibility index (Phi) is 7.51. The molecule has 2 heterocycles. The van der Waals surface area contributed by atoms with Crippen molar-refractivity contribution < 1.29 is 24.1 Å². The second kappa shape index (κ2) is 8.81. The number of piperidine rings is 1. The molecule has 2 aliphatic rings. The first-order valence-electron chi connectivity index (χ1n) is 8.57. The van der Waals surface area contributed by atoms with Gasteiger partial charge in [0.05, 0.1) is 18.8 Å². The summed E-state index contributed by atoms with van der Waals surface area (Å²) in [7, 11) is 0. The van der Waals surface area contributed by atoms with Gasteiger partial charge < -0.3 is 19.3 Å². The van der Waals surface area contributed by atoms with Gasteiger partial charge in [-0.05, 0) is 46.0 Å². The normalized spacial score (nSPS) is 29.2. The second-order valence-electron chi connectivity index (χ2n) is 6.96. The number of carbonyl (C=O) groups excluding carboxylic acids is 1. The molecule has 9 heteroatoms. The maximum Gasteiger partial charge on any atom is 0.410 e. The zero-order valence-corrected chi connectivity index (χ0v) is 16.8. The molecule has 2 fully saturated rings. The number of rotatable bonds is 5. The van der Waals surface area contributed by atoms with Crippen LogP contribution in [-0.2, 0) is 14.2 Å². The van der Waals surface area contributed by atoms with E-state index in [1.807, 2.05) is 13.8 Å². The number of unbranched alkanes of at least 4 members (excludes halogenated alkanes) is 1. The lowest BCUT2D eigenvalue weighted by Crippen LogP contribution is -2.63. The molecule has 25 heavy (non-hydrogen) atoms. The fourth-order valence-corrected chi connectivity index (χ4v) is 3.59. The molecular formula is C16H26Cl3NO5. The Bertz CT molecular complexity index is 458. The first kappa shape index (κ1) is 21.3. The molecule has 0 spiro atoms. The van der Waals surface area contributed by atoms with Crippen molar-refractivity contribution in [2.45, 2.75) is 73.7 Å². The second-order valence-corrected chi connectivity index (χ2v) is 9.48. The highest BCUT2D eigenvalue weighted by molar-refractivity contribution is 6.67. The van der Waals surface area contributed by atoms with Crippen LogP contribution in [0.3, 0.4) is 0 Å². The van der Waals surface area contributed by atoms with Crippen molar-refractivity contribution in [1.29, 1.82) is 0 Å². The molecule has 0 aromatic rings. The van der Waals surface area contributed by atoms with Crippen LogP contribution in [0, 0.1) is 0 Å². The van der Waals surface area contributed by atoms with Crippen LogP contribution in [-0.4, -0.2) is 63.7 Å². The molecule has 0 unspecified atom stereocenters. The van der Waals surface area contributed by atoms with Crippen molar-refractivity contribution in [3.63, 3.8) is 0 Å². The van der Waals surface area contributed by atoms with Crippen LogP contribution in [0.4, 0.5) is 4.79 Å². The highest BCUT2D eigenvalue weighted by Crippen LogP contribution is 2.36. The summed E-state index contributed by atoms with van der Waals surface area (Å²) < 4.78 is 15.3. The Labute approximate surface area is 163 Å². The van der Waals surface area contributed by atoms with E-state index in [-0.39, 0.29) is 31.4 Å². The minimum absolute atomic E-state index is 0.0101. The highest BCUT2D eigenvalue weighted by Gasteiger charge is 2.47. The molecule has 0 aromatic heterocycles. The number of ether oxygens (including phenoxy) is 3. The Morgan fingerprint density at radius 3 is 2.68 bits per heavy atom. The third-order valence-electron chi connectivity index (χ3n) is 4.52. The summed E-state index contributed by atoms with van der Waals surface area (Å²) in [6.45, 7) is 3.92. The largest absolute Gasteiger partial charge is 0.445 e. The molecule has 3 atom stereocenters. The Balaban J connectivity index is 2.09. The van der Waals surface area contributed by atoms with Gasteiger partial charge in [-0.15, -0.1) is 0 Å². The van der Waals surface area contributed by atoms with Crippen molar-refractivity contribution in [2.75, 3.05) is 19.8 Å². The van der Waals surface area contributed by atoms with E-state index < -0.39 is 15.7 Å². The zero-order valence-electron chi connectivity index (χ0n) is 14.6. The molecule has 0 radical (unpaired) electrons. The smallest absolute Gasteiger partial charge is 0.410 e. The van der Waals surface area contributed by atoms with Gasteiger partial charge in [0.1, 0.15) is 6.61 Å². The van der Waals surface area contributed by atoms with E-state index in [0.29, 0.717) is 13.0 Å². The summed E-state index contributed by atoms with van der Waals surface area (Å²) in [5.74, 6) is -0.669. The minimum atomic E-state index is -1.65. The van der Waals surface area contributed by atoms with Crippen molar-refractivity contribution >= 4 is 40.9 Å². The molecule has 0 aliphatic carbocycles. The summed E-state index contributed by atoms with van der Waals surface area (Å²) in [5, 5.41) is 9.00. The Hall–Kier alpha value is 0.0200. The zero-order chi connectivity index (χ0) is 18.7.